The number of benzene rings is 5. The molecule has 0 radical (unpaired) electrons. The molecule has 0 fully saturated rings. The summed E-state index contributed by atoms with van der Waals surface area (Å²) in [5.41, 5.74) is 9.72. The fourth-order valence-corrected chi connectivity index (χ4v) is 6.61. The molecule has 8 rings (SSSR count). The predicted molar refractivity (Wildman–Crippen MR) is 124 cm³/mol. The highest BCUT2D eigenvalue weighted by Gasteiger charge is 2.44. The second kappa shape index (κ2) is 5.09. The van der Waals surface area contributed by atoms with Crippen LogP contribution in [0.3, 0.4) is 0 Å². The zero-order valence-electron chi connectivity index (χ0n) is 16.7. The zero-order chi connectivity index (χ0) is 20.4. The third-order valence-corrected chi connectivity index (χ3v) is 7.82. The fourth-order valence-electron chi connectivity index (χ4n) is 6.61. The Morgan fingerprint density at radius 3 is 1.58 bits per heavy atom. The van der Waals surface area contributed by atoms with Crippen molar-refractivity contribution in [2.24, 2.45) is 0 Å². The lowest BCUT2D eigenvalue weighted by molar-refractivity contribution is 0.450. The van der Waals surface area contributed by atoms with Gasteiger partial charge in [-0.1, -0.05) is 48.5 Å². The van der Waals surface area contributed by atoms with Gasteiger partial charge in [-0.25, -0.2) is 0 Å². The first kappa shape index (κ1) is 16.0. The Hall–Kier alpha value is -3.78. The molecule has 2 bridgehead atoms. The molecule has 2 N–H and O–H groups in total. The predicted octanol–water partition coefficient (Wildman–Crippen LogP) is 7.03. The van der Waals surface area contributed by atoms with Gasteiger partial charge in [-0.15, -0.1) is 0 Å². The Morgan fingerprint density at radius 2 is 1.06 bits per heavy atom. The highest BCUT2D eigenvalue weighted by Crippen LogP contribution is 2.61. The normalized spacial score (nSPS) is 19.1. The summed E-state index contributed by atoms with van der Waals surface area (Å²) < 4.78 is 0. The molecular formula is C29H18O2. The van der Waals surface area contributed by atoms with Crippen LogP contribution >= 0.6 is 0 Å². The highest BCUT2D eigenvalue weighted by molar-refractivity contribution is 6.17. The van der Waals surface area contributed by atoms with Crippen molar-refractivity contribution in [3.63, 3.8) is 0 Å². The molecule has 3 aliphatic rings. The summed E-state index contributed by atoms with van der Waals surface area (Å²) in [6.07, 6.45) is 0.938. The maximum absolute atomic E-state index is 10.5. The molecule has 2 nitrogen and oxygen atoms in total. The van der Waals surface area contributed by atoms with E-state index in [1.54, 1.807) is 12.1 Å². The van der Waals surface area contributed by atoms with Gasteiger partial charge in [0.15, 0.2) is 0 Å². The Bertz CT molecular complexity index is 1530. The van der Waals surface area contributed by atoms with E-state index in [2.05, 4.69) is 60.7 Å². The third kappa shape index (κ3) is 1.77. The largest absolute Gasteiger partial charge is 0.508 e. The van der Waals surface area contributed by atoms with Crippen LogP contribution in [0.25, 0.3) is 43.8 Å². The van der Waals surface area contributed by atoms with Gasteiger partial charge in [-0.3, -0.25) is 0 Å². The maximum atomic E-state index is 10.5. The number of phenols is 2. The Labute approximate surface area is 179 Å². The topological polar surface area (TPSA) is 40.5 Å². The van der Waals surface area contributed by atoms with Gasteiger partial charge in [0.25, 0.3) is 0 Å². The first-order chi connectivity index (χ1) is 15.2. The van der Waals surface area contributed by atoms with Crippen LogP contribution in [0.15, 0.2) is 72.8 Å². The number of hydrogen-bond acceptors (Lipinski definition) is 2. The van der Waals surface area contributed by atoms with Crippen molar-refractivity contribution in [2.75, 3.05) is 0 Å². The minimum Gasteiger partial charge on any atom is -0.508 e. The van der Waals surface area contributed by atoms with Gasteiger partial charge in [0, 0.05) is 23.0 Å². The fraction of sp³-hybridized carbons (Fsp3) is 0.103. The van der Waals surface area contributed by atoms with Crippen LogP contribution < -0.4 is 0 Å². The Morgan fingerprint density at radius 1 is 0.548 bits per heavy atom. The van der Waals surface area contributed by atoms with Crippen LogP contribution in [0, 0.1) is 0 Å². The molecule has 2 unspecified atom stereocenters. The van der Waals surface area contributed by atoms with Gasteiger partial charge in [0.2, 0.25) is 0 Å². The van der Waals surface area contributed by atoms with Crippen molar-refractivity contribution in [3.8, 4) is 33.8 Å². The molecular weight excluding hydrogens is 380 g/mol. The molecule has 0 saturated heterocycles. The number of aromatic hydroxyl groups is 2. The quantitative estimate of drug-likeness (QED) is 0.270. The summed E-state index contributed by atoms with van der Waals surface area (Å²) in [4.78, 5) is 0. The van der Waals surface area contributed by atoms with E-state index < -0.39 is 0 Å². The van der Waals surface area contributed by atoms with Crippen molar-refractivity contribution in [1.29, 1.82) is 0 Å². The molecule has 5 aromatic carbocycles. The van der Waals surface area contributed by atoms with E-state index in [1.165, 1.54) is 54.9 Å². The second-order valence-electron chi connectivity index (χ2n) is 9.21. The molecule has 0 saturated carbocycles. The molecule has 31 heavy (non-hydrogen) atoms. The van der Waals surface area contributed by atoms with Gasteiger partial charge in [0.1, 0.15) is 11.5 Å². The molecule has 0 heterocycles. The van der Waals surface area contributed by atoms with E-state index in [4.69, 9.17) is 0 Å². The second-order valence-corrected chi connectivity index (χ2v) is 9.21. The molecule has 146 valence electrons. The van der Waals surface area contributed by atoms with Crippen molar-refractivity contribution in [3.05, 3.63) is 95.1 Å². The molecule has 0 amide bonds. The van der Waals surface area contributed by atoms with Crippen LogP contribution in [0.4, 0.5) is 0 Å². The molecule has 0 spiro atoms. The van der Waals surface area contributed by atoms with Gasteiger partial charge in [0.05, 0.1) is 0 Å². The van der Waals surface area contributed by atoms with Crippen molar-refractivity contribution in [2.45, 2.75) is 18.3 Å². The first-order valence-corrected chi connectivity index (χ1v) is 10.9. The summed E-state index contributed by atoms with van der Waals surface area (Å²) in [7, 11) is 0. The van der Waals surface area contributed by atoms with Crippen molar-refractivity contribution in [1.82, 2.24) is 0 Å². The smallest absolute Gasteiger partial charge is 0.119 e. The van der Waals surface area contributed by atoms with Gasteiger partial charge < -0.3 is 10.2 Å². The van der Waals surface area contributed by atoms with Gasteiger partial charge in [-0.05, 0) is 85.6 Å². The minimum absolute atomic E-state index is 0.167. The standard InChI is InChI=1S/C29H18O2/c30-25-7-8-26(31)29-24-13-23(28(25)29)21-11-15-9-19-17-5-1-3-14-4-2-6-18(27(14)17)20(19)10-16(15)12-22(21)24/h1-12,23-24,30-31H,13H2. The molecule has 0 aliphatic heterocycles. The molecule has 2 atom stereocenters. The van der Waals surface area contributed by atoms with Crippen LogP contribution in [0.1, 0.15) is 40.5 Å². The summed E-state index contributed by atoms with van der Waals surface area (Å²) in [5.74, 6) is 0.949. The number of phenolic OH excluding ortho intramolecular Hbond substituents is 2. The van der Waals surface area contributed by atoms with Crippen LogP contribution in [-0.2, 0) is 0 Å². The molecule has 0 aromatic heterocycles. The summed E-state index contributed by atoms with van der Waals surface area (Å²) >= 11 is 0. The molecule has 5 aromatic rings. The summed E-state index contributed by atoms with van der Waals surface area (Å²) in [5, 5.41) is 26.2. The first-order valence-electron chi connectivity index (χ1n) is 10.9. The Balaban J connectivity index is 1.41. The van der Waals surface area contributed by atoms with Gasteiger partial charge >= 0.3 is 0 Å². The average Bonchev–Trinajstić information content (AvgIpc) is 3.45. The SMILES string of the molecule is Oc1ccc(O)c2c1C1CC2c2cc3cc4c(cc3cc21)-c1cccc2cccc-4c12. The monoisotopic (exact) mass is 398 g/mol. The lowest BCUT2D eigenvalue weighted by Gasteiger charge is -2.22. The Kier molecular flexibility index (Phi) is 2.63. The maximum Gasteiger partial charge on any atom is 0.119 e. The van der Waals surface area contributed by atoms with E-state index in [-0.39, 0.29) is 11.8 Å². The van der Waals surface area contributed by atoms with Crippen molar-refractivity contribution >= 4 is 21.5 Å². The lowest BCUT2D eigenvalue weighted by atomic mass is 9.83. The summed E-state index contributed by atoms with van der Waals surface area (Å²) in [6, 6.07) is 25.7. The number of fused-ring (bicyclic) bond motifs is 12. The highest BCUT2D eigenvalue weighted by atomic mass is 16.3. The van der Waals surface area contributed by atoms with Gasteiger partial charge in [-0.2, -0.15) is 0 Å². The van der Waals surface area contributed by atoms with E-state index >= 15 is 0 Å². The number of rotatable bonds is 0. The summed E-state index contributed by atoms with van der Waals surface area (Å²) in [6.45, 7) is 0. The minimum atomic E-state index is 0.167. The third-order valence-electron chi connectivity index (χ3n) is 7.82. The van der Waals surface area contributed by atoms with Crippen LogP contribution in [-0.4, -0.2) is 10.2 Å². The van der Waals surface area contributed by atoms with E-state index in [0.717, 1.165) is 17.5 Å². The zero-order valence-corrected chi connectivity index (χ0v) is 16.7. The van der Waals surface area contributed by atoms with E-state index in [1.807, 2.05) is 0 Å². The lowest BCUT2D eigenvalue weighted by Crippen LogP contribution is -2.04. The molecule has 3 aliphatic carbocycles. The number of hydrogen-bond donors (Lipinski definition) is 2. The van der Waals surface area contributed by atoms with E-state index in [0.29, 0.717) is 11.5 Å². The van der Waals surface area contributed by atoms with Crippen molar-refractivity contribution < 1.29 is 10.2 Å². The van der Waals surface area contributed by atoms with Crippen LogP contribution in [0.2, 0.25) is 0 Å². The molecule has 2 heteroatoms. The van der Waals surface area contributed by atoms with Crippen LogP contribution in [0.5, 0.6) is 11.5 Å². The van der Waals surface area contributed by atoms with E-state index in [9.17, 15) is 10.2 Å². The average molecular weight is 398 g/mol.